The predicted octanol–water partition coefficient (Wildman–Crippen LogP) is 3.51. The summed E-state index contributed by atoms with van der Waals surface area (Å²) in [5.41, 5.74) is 3.31. The first-order valence-electron chi connectivity index (χ1n) is 8.21. The number of carbonyl (C=O) groups is 1. The zero-order valence-corrected chi connectivity index (χ0v) is 15.0. The van der Waals surface area contributed by atoms with Crippen LogP contribution in [0.4, 0.5) is 5.69 Å². The first-order valence-corrected chi connectivity index (χ1v) is 8.21. The van der Waals surface area contributed by atoms with E-state index in [1.165, 1.54) is 19.8 Å². The summed E-state index contributed by atoms with van der Waals surface area (Å²) in [7, 11) is 3.04. The second-order valence-corrected chi connectivity index (χ2v) is 5.90. The molecule has 3 rings (SSSR count). The number of nitrogens with zero attached hydrogens (tertiary/aromatic N) is 2. The number of ether oxygens (including phenoxy) is 2. The van der Waals surface area contributed by atoms with Crippen molar-refractivity contribution >= 4 is 11.6 Å². The molecule has 0 unspecified atom stereocenters. The molecule has 0 aliphatic heterocycles. The van der Waals surface area contributed by atoms with Gasteiger partial charge in [-0.2, -0.15) is 5.10 Å². The maximum atomic E-state index is 12.7. The van der Waals surface area contributed by atoms with Crippen LogP contribution in [-0.4, -0.2) is 29.9 Å². The third-order valence-electron chi connectivity index (χ3n) is 4.01. The maximum Gasteiger partial charge on any atom is 0.263 e. The van der Waals surface area contributed by atoms with Gasteiger partial charge in [0.15, 0.2) is 0 Å². The summed E-state index contributed by atoms with van der Waals surface area (Å²) in [4.78, 5) is 12.7. The Hall–Kier alpha value is -3.28. The molecular formula is C20H21N3O3. The normalized spacial score (nSPS) is 10.4. The van der Waals surface area contributed by atoms with E-state index in [-0.39, 0.29) is 5.91 Å². The molecule has 1 aromatic heterocycles. The standard InChI is InChI=1S/C20H21N3O3/c1-14-7-9-15(10-8-14)12-23-13-16(11-21-23)22-20(24)19-17(25-2)5-4-6-18(19)26-3/h4-11,13H,12H2,1-3H3,(H,22,24). The van der Waals surface area contributed by atoms with Crippen LogP contribution in [-0.2, 0) is 6.54 Å². The molecule has 3 aromatic rings. The van der Waals surface area contributed by atoms with Gasteiger partial charge in [-0.3, -0.25) is 9.48 Å². The zero-order valence-electron chi connectivity index (χ0n) is 15.0. The van der Waals surface area contributed by atoms with Gasteiger partial charge < -0.3 is 14.8 Å². The number of anilines is 1. The molecule has 1 amide bonds. The van der Waals surface area contributed by atoms with Crippen molar-refractivity contribution in [3.05, 3.63) is 71.5 Å². The van der Waals surface area contributed by atoms with E-state index in [1.54, 1.807) is 35.3 Å². The number of hydrogen-bond donors (Lipinski definition) is 1. The van der Waals surface area contributed by atoms with Crippen molar-refractivity contribution in [1.29, 1.82) is 0 Å². The smallest absolute Gasteiger partial charge is 0.263 e. The molecule has 6 heteroatoms. The fourth-order valence-electron chi connectivity index (χ4n) is 2.66. The van der Waals surface area contributed by atoms with Crippen LogP contribution < -0.4 is 14.8 Å². The van der Waals surface area contributed by atoms with Crippen molar-refractivity contribution < 1.29 is 14.3 Å². The van der Waals surface area contributed by atoms with Crippen LogP contribution in [0.1, 0.15) is 21.5 Å². The lowest BCUT2D eigenvalue weighted by atomic mass is 10.1. The molecule has 0 bridgehead atoms. The molecular weight excluding hydrogens is 330 g/mol. The maximum absolute atomic E-state index is 12.7. The van der Waals surface area contributed by atoms with Crippen molar-refractivity contribution in [2.75, 3.05) is 19.5 Å². The largest absolute Gasteiger partial charge is 0.496 e. The number of aromatic nitrogens is 2. The summed E-state index contributed by atoms with van der Waals surface area (Å²) in [6.07, 6.45) is 3.41. The van der Waals surface area contributed by atoms with Gasteiger partial charge in [0.25, 0.3) is 5.91 Å². The molecule has 0 atom stereocenters. The zero-order chi connectivity index (χ0) is 18.5. The molecule has 2 aromatic carbocycles. The summed E-state index contributed by atoms with van der Waals surface area (Å²) in [6.45, 7) is 2.69. The van der Waals surface area contributed by atoms with E-state index in [2.05, 4.69) is 41.6 Å². The molecule has 26 heavy (non-hydrogen) atoms. The van der Waals surface area contributed by atoms with Gasteiger partial charge in [-0.05, 0) is 24.6 Å². The highest BCUT2D eigenvalue weighted by atomic mass is 16.5. The van der Waals surface area contributed by atoms with E-state index in [0.29, 0.717) is 29.3 Å². The van der Waals surface area contributed by atoms with E-state index in [0.717, 1.165) is 5.56 Å². The number of methoxy groups -OCH3 is 2. The molecule has 6 nitrogen and oxygen atoms in total. The number of hydrogen-bond acceptors (Lipinski definition) is 4. The summed E-state index contributed by atoms with van der Waals surface area (Å²) in [6, 6.07) is 13.5. The number of amides is 1. The molecule has 1 heterocycles. The van der Waals surface area contributed by atoms with Gasteiger partial charge in [-0.1, -0.05) is 35.9 Å². The van der Waals surface area contributed by atoms with Crippen LogP contribution in [0.25, 0.3) is 0 Å². The van der Waals surface area contributed by atoms with Crippen molar-refractivity contribution in [3.8, 4) is 11.5 Å². The molecule has 0 aliphatic rings. The quantitative estimate of drug-likeness (QED) is 0.738. The first kappa shape index (κ1) is 17.5. The lowest BCUT2D eigenvalue weighted by Crippen LogP contribution is -2.14. The second kappa shape index (κ2) is 7.74. The van der Waals surface area contributed by atoms with Gasteiger partial charge in [-0.25, -0.2) is 0 Å². The minimum atomic E-state index is -0.311. The SMILES string of the molecule is COc1cccc(OC)c1C(=O)Nc1cnn(Cc2ccc(C)cc2)c1. The number of nitrogens with one attached hydrogen (secondary N) is 1. The van der Waals surface area contributed by atoms with E-state index < -0.39 is 0 Å². The van der Waals surface area contributed by atoms with Gasteiger partial charge in [0.05, 0.1) is 32.6 Å². The predicted molar refractivity (Wildman–Crippen MR) is 100 cm³/mol. The Kier molecular flexibility index (Phi) is 5.22. The minimum Gasteiger partial charge on any atom is -0.496 e. The van der Waals surface area contributed by atoms with Crippen LogP contribution in [0.5, 0.6) is 11.5 Å². The van der Waals surface area contributed by atoms with Crippen LogP contribution in [0.3, 0.4) is 0 Å². The second-order valence-electron chi connectivity index (χ2n) is 5.90. The highest BCUT2D eigenvalue weighted by molar-refractivity contribution is 6.08. The Morgan fingerprint density at radius 3 is 2.35 bits per heavy atom. The van der Waals surface area contributed by atoms with E-state index in [9.17, 15) is 4.79 Å². The minimum absolute atomic E-state index is 0.311. The Labute approximate surface area is 152 Å². The molecule has 0 spiro atoms. The molecule has 0 aliphatic carbocycles. The highest BCUT2D eigenvalue weighted by Gasteiger charge is 2.18. The Morgan fingerprint density at radius 1 is 1.08 bits per heavy atom. The monoisotopic (exact) mass is 351 g/mol. The van der Waals surface area contributed by atoms with Crippen LogP contribution >= 0.6 is 0 Å². The van der Waals surface area contributed by atoms with Crippen molar-refractivity contribution in [3.63, 3.8) is 0 Å². The van der Waals surface area contributed by atoms with Gasteiger partial charge in [0.2, 0.25) is 0 Å². The van der Waals surface area contributed by atoms with Crippen LogP contribution in [0.15, 0.2) is 54.9 Å². The topological polar surface area (TPSA) is 65.4 Å². The fraction of sp³-hybridized carbons (Fsp3) is 0.200. The Balaban J connectivity index is 1.75. The summed E-state index contributed by atoms with van der Waals surface area (Å²) >= 11 is 0. The van der Waals surface area contributed by atoms with Crippen LogP contribution in [0.2, 0.25) is 0 Å². The first-order chi connectivity index (χ1) is 12.6. The van der Waals surface area contributed by atoms with Gasteiger partial charge >= 0.3 is 0 Å². The molecule has 1 N–H and O–H groups in total. The summed E-state index contributed by atoms with van der Waals surface area (Å²) < 4.78 is 12.3. The number of benzene rings is 2. The molecule has 0 saturated carbocycles. The van der Waals surface area contributed by atoms with E-state index in [4.69, 9.17) is 9.47 Å². The van der Waals surface area contributed by atoms with E-state index >= 15 is 0 Å². The lowest BCUT2D eigenvalue weighted by molar-refractivity contribution is 0.102. The van der Waals surface area contributed by atoms with Gasteiger partial charge in [-0.15, -0.1) is 0 Å². The average Bonchev–Trinajstić information content (AvgIpc) is 3.09. The molecule has 0 radical (unpaired) electrons. The van der Waals surface area contributed by atoms with Crippen LogP contribution in [0, 0.1) is 6.92 Å². The van der Waals surface area contributed by atoms with Crippen molar-refractivity contribution in [1.82, 2.24) is 9.78 Å². The summed E-state index contributed by atoms with van der Waals surface area (Å²) in [5.74, 6) is 0.594. The average molecular weight is 351 g/mol. The number of aryl methyl sites for hydroxylation is 1. The lowest BCUT2D eigenvalue weighted by Gasteiger charge is -2.12. The third kappa shape index (κ3) is 3.85. The van der Waals surface area contributed by atoms with Crippen molar-refractivity contribution in [2.24, 2.45) is 0 Å². The number of carbonyl (C=O) groups excluding carboxylic acids is 1. The highest BCUT2D eigenvalue weighted by Crippen LogP contribution is 2.29. The number of rotatable bonds is 6. The van der Waals surface area contributed by atoms with Gasteiger partial charge in [0, 0.05) is 6.20 Å². The molecule has 134 valence electrons. The molecule has 0 saturated heterocycles. The molecule has 0 fully saturated rings. The van der Waals surface area contributed by atoms with Gasteiger partial charge in [0.1, 0.15) is 17.1 Å². The van der Waals surface area contributed by atoms with E-state index in [1.807, 2.05) is 0 Å². The fourth-order valence-corrected chi connectivity index (χ4v) is 2.66. The van der Waals surface area contributed by atoms with Crippen molar-refractivity contribution in [2.45, 2.75) is 13.5 Å². The summed E-state index contributed by atoms with van der Waals surface area (Å²) in [5, 5.41) is 7.15. The third-order valence-corrected chi connectivity index (χ3v) is 4.01. The Bertz CT molecular complexity index is 879. The Morgan fingerprint density at radius 2 is 1.73 bits per heavy atom.